The fourth-order valence-electron chi connectivity index (χ4n) is 2.05. The van der Waals surface area contributed by atoms with E-state index in [1.165, 1.54) is 4.57 Å². The third kappa shape index (κ3) is 3.74. The molecule has 6 nitrogen and oxygen atoms in total. The average molecular weight is 311 g/mol. The number of fused-ring (bicyclic) bond motifs is 1. The zero-order chi connectivity index (χ0) is 16.7. The first-order valence-corrected chi connectivity index (χ1v) is 7.20. The Morgan fingerprint density at radius 2 is 1.87 bits per heavy atom. The SMILES string of the molecule is CC.O=CNc1cc(Oc2ccc3c(ccn3C=O)c2)ccn1. The summed E-state index contributed by atoms with van der Waals surface area (Å²) >= 11 is 0. The van der Waals surface area contributed by atoms with Gasteiger partial charge in [0.2, 0.25) is 12.8 Å². The van der Waals surface area contributed by atoms with Crippen LogP contribution in [0.25, 0.3) is 10.9 Å². The first-order valence-electron chi connectivity index (χ1n) is 7.20. The summed E-state index contributed by atoms with van der Waals surface area (Å²) in [5.74, 6) is 1.61. The van der Waals surface area contributed by atoms with Gasteiger partial charge in [-0.3, -0.25) is 14.2 Å². The third-order valence-electron chi connectivity index (χ3n) is 2.98. The van der Waals surface area contributed by atoms with Crippen molar-refractivity contribution in [2.45, 2.75) is 13.8 Å². The van der Waals surface area contributed by atoms with E-state index >= 15 is 0 Å². The molecule has 118 valence electrons. The first kappa shape index (κ1) is 16.2. The molecule has 3 rings (SSSR count). The van der Waals surface area contributed by atoms with Crippen LogP contribution in [0.1, 0.15) is 13.8 Å². The second kappa shape index (κ2) is 7.74. The molecule has 0 bridgehead atoms. The highest BCUT2D eigenvalue weighted by atomic mass is 16.5. The quantitative estimate of drug-likeness (QED) is 0.732. The second-order valence-corrected chi connectivity index (χ2v) is 4.29. The minimum atomic E-state index is 0.413. The highest BCUT2D eigenvalue weighted by molar-refractivity contribution is 5.86. The van der Waals surface area contributed by atoms with Crippen LogP contribution in [0, 0.1) is 0 Å². The molecular formula is C17H17N3O3. The van der Waals surface area contributed by atoms with Crippen LogP contribution in [-0.2, 0) is 9.59 Å². The average Bonchev–Trinajstić information content (AvgIpc) is 3.00. The van der Waals surface area contributed by atoms with E-state index in [9.17, 15) is 9.59 Å². The fourth-order valence-corrected chi connectivity index (χ4v) is 2.05. The van der Waals surface area contributed by atoms with Crippen molar-refractivity contribution in [3.8, 4) is 11.5 Å². The topological polar surface area (TPSA) is 73.2 Å². The van der Waals surface area contributed by atoms with Crippen molar-refractivity contribution in [1.82, 2.24) is 9.55 Å². The van der Waals surface area contributed by atoms with Gasteiger partial charge in [-0.15, -0.1) is 0 Å². The lowest BCUT2D eigenvalue weighted by molar-refractivity contribution is -0.105. The molecule has 0 atom stereocenters. The summed E-state index contributed by atoms with van der Waals surface area (Å²) in [6.45, 7) is 4.00. The van der Waals surface area contributed by atoms with E-state index in [1.807, 2.05) is 32.0 Å². The lowest BCUT2D eigenvalue weighted by atomic mass is 10.2. The van der Waals surface area contributed by atoms with Crippen molar-refractivity contribution < 1.29 is 14.3 Å². The Balaban J connectivity index is 0.000000924. The van der Waals surface area contributed by atoms with Gasteiger partial charge in [-0.25, -0.2) is 4.98 Å². The molecule has 6 heteroatoms. The number of anilines is 1. The van der Waals surface area contributed by atoms with Crippen LogP contribution in [0.3, 0.4) is 0 Å². The highest BCUT2D eigenvalue weighted by Crippen LogP contribution is 2.26. The number of carbonyl (C=O) groups excluding carboxylic acids is 2. The molecule has 3 aromatic rings. The molecule has 1 amide bonds. The van der Waals surface area contributed by atoms with E-state index in [4.69, 9.17) is 4.74 Å². The summed E-state index contributed by atoms with van der Waals surface area (Å²) in [7, 11) is 0. The van der Waals surface area contributed by atoms with Crippen molar-refractivity contribution in [3.63, 3.8) is 0 Å². The number of carbonyl (C=O) groups is 2. The van der Waals surface area contributed by atoms with Crippen LogP contribution in [0.5, 0.6) is 11.5 Å². The van der Waals surface area contributed by atoms with Gasteiger partial charge in [-0.05, 0) is 30.3 Å². The van der Waals surface area contributed by atoms with Gasteiger partial charge in [0.25, 0.3) is 0 Å². The molecule has 0 saturated carbocycles. The van der Waals surface area contributed by atoms with Crippen LogP contribution in [0.4, 0.5) is 5.82 Å². The van der Waals surface area contributed by atoms with Gasteiger partial charge in [0.1, 0.15) is 17.3 Å². The molecule has 0 aliphatic rings. The van der Waals surface area contributed by atoms with E-state index in [0.717, 1.165) is 17.3 Å². The summed E-state index contributed by atoms with van der Waals surface area (Å²) in [5.41, 5.74) is 0.815. The Kier molecular flexibility index (Phi) is 5.46. The van der Waals surface area contributed by atoms with Crippen molar-refractivity contribution in [1.29, 1.82) is 0 Å². The van der Waals surface area contributed by atoms with E-state index < -0.39 is 0 Å². The summed E-state index contributed by atoms with van der Waals surface area (Å²) in [6, 6.07) is 10.6. The van der Waals surface area contributed by atoms with Crippen LogP contribution in [0.2, 0.25) is 0 Å². The molecule has 0 fully saturated rings. The Labute approximate surface area is 133 Å². The number of hydrogen-bond donors (Lipinski definition) is 1. The number of aromatic nitrogens is 2. The Morgan fingerprint density at radius 3 is 2.61 bits per heavy atom. The van der Waals surface area contributed by atoms with Crippen molar-refractivity contribution >= 4 is 29.5 Å². The summed E-state index contributed by atoms with van der Waals surface area (Å²) in [4.78, 5) is 25.2. The molecule has 0 aliphatic heterocycles. The Morgan fingerprint density at radius 1 is 1.09 bits per heavy atom. The molecule has 0 spiro atoms. The first-order chi connectivity index (χ1) is 11.3. The highest BCUT2D eigenvalue weighted by Gasteiger charge is 2.04. The molecule has 2 aromatic heterocycles. The zero-order valence-corrected chi connectivity index (χ0v) is 12.9. The maximum Gasteiger partial charge on any atom is 0.218 e. The second-order valence-electron chi connectivity index (χ2n) is 4.29. The standard InChI is InChI=1S/C15H11N3O3.C2H6/c19-9-17-15-8-13(3-5-16-15)21-12-1-2-14-11(7-12)4-6-18(14)10-20;1-2/h1-10H,(H,16,17,19);1-2H3. The molecule has 0 unspecified atom stereocenters. The van der Waals surface area contributed by atoms with Gasteiger partial charge >= 0.3 is 0 Å². The number of pyridine rings is 1. The van der Waals surface area contributed by atoms with Crippen LogP contribution < -0.4 is 10.1 Å². The number of rotatable bonds is 5. The third-order valence-corrected chi connectivity index (χ3v) is 2.98. The number of amides is 1. The Hall–Kier alpha value is -3.15. The largest absolute Gasteiger partial charge is 0.457 e. The maximum absolute atomic E-state index is 10.8. The van der Waals surface area contributed by atoms with E-state index in [-0.39, 0.29) is 0 Å². The zero-order valence-electron chi connectivity index (χ0n) is 12.9. The van der Waals surface area contributed by atoms with E-state index in [2.05, 4.69) is 10.3 Å². The predicted molar refractivity (Wildman–Crippen MR) is 89.4 cm³/mol. The summed E-state index contributed by atoms with van der Waals surface area (Å²) < 4.78 is 7.22. The van der Waals surface area contributed by atoms with Gasteiger partial charge in [-0.2, -0.15) is 0 Å². The van der Waals surface area contributed by atoms with Crippen molar-refractivity contribution in [2.24, 2.45) is 0 Å². The van der Waals surface area contributed by atoms with Crippen LogP contribution in [0.15, 0.2) is 48.8 Å². The summed E-state index contributed by atoms with van der Waals surface area (Å²) in [6.07, 6.45) is 4.55. The lowest BCUT2D eigenvalue weighted by Gasteiger charge is -2.07. The minimum absolute atomic E-state index is 0.413. The normalized spacial score (nSPS) is 9.65. The number of nitrogens with zero attached hydrogens (tertiary/aromatic N) is 2. The van der Waals surface area contributed by atoms with Crippen molar-refractivity contribution in [2.75, 3.05) is 5.32 Å². The molecule has 0 aliphatic carbocycles. The molecular weight excluding hydrogens is 294 g/mol. The van der Waals surface area contributed by atoms with Gasteiger partial charge in [-0.1, -0.05) is 13.8 Å². The van der Waals surface area contributed by atoms with E-state index in [1.54, 1.807) is 30.6 Å². The smallest absolute Gasteiger partial charge is 0.218 e. The van der Waals surface area contributed by atoms with E-state index in [0.29, 0.717) is 23.7 Å². The summed E-state index contributed by atoms with van der Waals surface area (Å²) in [5, 5.41) is 3.36. The minimum Gasteiger partial charge on any atom is -0.457 e. The number of nitrogens with one attached hydrogen (secondary N) is 1. The fraction of sp³-hybridized carbons (Fsp3) is 0.118. The maximum atomic E-state index is 10.8. The van der Waals surface area contributed by atoms with Gasteiger partial charge in [0.15, 0.2) is 0 Å². The molecule has 1 aromatic carbocycles. The molecule has 1 N–H and O–H groups in total. The molecule has 0 radical (unpaired) electrons. The number of benzene rings is 1. The predicted octanol–water partition coefficient (Wildman–Crippen LogP) is 3.46. The number of hydrogen-bond acceptors (Lipinski definition) is 4. The van der Waals surface area contributed by atoms with Gasteiger partial charge in [0.05, 0.1) is 5.52 Å². The van der Waals surface area contributed by atoms with Gasteiger partial charge in [0, 0.05) is 23.8 Å². The van der Waals surface area contributed by atoms with Crippen molar-refractivity contribution in [3.05, 3.63) is 48.8 Å². The molecule has 0 saturated heterocycles. The number of ether oxygens (including phenoxy) is 1. The van der Waals surface area contributed by atoms with Crippen LogP contribution >= 0.6 is 0 Å². The lowest BCUT2D eigenvalue weighted by Crippen LogP contribution is -1.96. The van der Waals surface area contributed by atoms with Crippen LogP contribution in [-0.4, -0.2) is 22.4 Å². The monoisotopic (exact) mass is 311 g/mol. The molecule has 2 heterocycles. The molecule has 23 heavy (non-hydrogen) atoms. The van der Waals surface area contributed by atoms with Gasteiger partial charge < -0.3 is 10.1 Å². The Bertz CT molecular complexity index is 812.